The van der Waals surface area contributed by atoms with Crippen molar-refractivity contribution >= 4 is 29.3 Å². The molecule has 0 aliphatic carbocycles. The van der Waals surface area contributed by atoms with Crippen LogP contribution in [0.3, 0.4) is 0 Å². The number of hydrogen-bond donors (Lipinski definition) is 1. The highest BCUT2D eigenvalue weighted by atomic mass is 35.5. The summed E-state index contributed by atoms with van der Waals surface area (Å²) in [6.45, 7) is 2.32. The molecule has 2 rings (SSSR count). The number of rotatable bonds is 5. The number of carbonyl (C=O) groups excluding carboxylic acids is 1. The minimum atomic E-state index is -0.536. The van der Waals surface area contributed by atoms with Gasteiger partial charge >= 0.3 is 5.97 Å². The van der Waals surface area contributed by atoms with Crippen molar-refractivity contribution in [3.63, 3.8) is 0 Å². The minimum Gasteiger partial charge on any atom is -0.467 e. The number of aromatic nitrogens is 1. The zero-order chi connectivity index (χ0) is 15.2. The third kappa shape index (κ3) is 3.64. The molecule has 0 saturated heterocycles. The van der Waals surface area contributed by atoms with Crippen LogP contribution in [0.25, 0.3) is 6.08 Å². The Balaban J connectivity index is 2.38. The number of ether oxygens (including phenoxy) is 1. The molecule has 5 nitrogen and oxygen atoms in total. The first kappa shape index (κ1) is 15.1. The Hall–Kier alpha value is -2.27. The number of hydrogen-bond acceptors (Lipinski definition) is 5. The summed E-state index contributed by atoms with van der Waals surface area (Å²) in [6.07, 6.45) is 5.19. The molecule has 0 aliphatic heterocycles. The van der Waals surface area contributed by atoms with E-state index in [2.05, 4.69) is 10.3 Å². The number of allylic oxidation sites excluding steroid dienone is 1. The van der Waals surface area contributed by atoms with Crippen LogP contribution < -0.4 is 5.32 Å². The lowest BCUT2D eigenvalue weighted by Gasteiger charge is -2.12. The molecule has 2 heterocycles. The van der Waals surface area contributed by atoms with Crippen molar-refractivity contribution < 1.29 is 13.9 Å². The standard InChI is InChI=1S/C15H15ClN2O3/c1-3-5-11-12(17-9-10-6-4-7-21-10)8-13(16)18-14(11)15(19)20-2/h3-8H,9H2,1-2H3,(H,17,18)/b5-3-. The first-order chi connectivity index (χ1) is 10.2. The Bertz CT molecular complexity index is 651. The molecule has 0 radical (unpaired) electrons. The lowest BCUT2D eigenvalue weighted by molar-refractivity contribution is 0.0594. The van der Waals surface area contributed by atoms with Gasteiger partial charge in [-0.05, 0) is 25.1 Å². The molecule has 2 aromatic heterocycles. The van der Waals surface area contributed by atoms with E-state index < -0.39 is 5.97 Å². The van der Waals surface area contributed by atoms with Crippen LogP contribution in [0, 0.1) is 0 Å². The van der Waals surface area contributed by atoms with Crippen molar-refractivity contribution in [3.8, 4) is 0 Å². The average Bonchev–Trinajstić information content (AvgIpc) is 2.99. The molecule has 0 spiro atoms. The van der Waals surface area contributed by atoms with Gasteiger partial charge in [0.2, 0.25) is 0 Å². The maximum absolute atomic E-state index is 11.8. The van der Waals surface area contributed by atoms with E-state index in [0.717, 1.165) is 5.76 Å². The molecule has 21 heavy (non-hydrogen) atoms. The van der Waals surface area contributed by atoms with E-state index in [1.54, 1.807) is 18.4 Å². The largest absolute Gasteiger partial charge is 0.467 e. The fourth-order valence-corrected chi connectivity index (χ4v) is 2.05. The van der Waals surface area contributed by atoms with Crippen molar-refractivity contribution in [1.82, 2.24) is 4.98 Å². The Kier molecular flexibility index (Phi) is 5.00. The van der Waals surface area contributed by atoms with Gasteiger partial charge in [-0.1, -0.05) is 23.8 Å². The normalized spacial score (nSPS) is 10.8. The fraction of sp³-hybridized carbons (Fsp3) is 0.200. The SMILES string of the molecule is C/C=C\c1c(NCc2ccco2)cc(Cl)nc1C(=O)OC. The Morgan fingerprint density at radius 3 is 3.00 bits per heavy atom. The van der Waals surface area contributed by atoms with E-state index in [1.807, 2.05) is 25.1 Å². The van der Waals surface area contributed by atoms with Crippen molar-refractivity contribution in [2.45, 2.75) is 13.5 Å². The number of anilines is 1. The number of methoxy groups -OCH3 is 1. The van der Waals surface area contributed by atoms with Gasteiger partial charge in [-0.2, -0.15) is 0 Å². The second-order valence-electron chi connectivity index (χ2n) is 4.18. The Morgan fingerprint density at radius 1 is 1.57 bits per heavy atom. The number of nitrogens with one attached hydrogen (secondary N) is 1. The summed E-state index contributed by atoms with van der Waals surface area (Å²) in [6, 6.07) is 5.32. The fourth-order valence-electron chi connectivity index (χ4n) is 1.85. The average molecular weight is 307 g/mol. The number of pyridine rings is 1. The number of esters is 1. The summed E-state index contributed by atoms with van der Waals surface area (Å²) in [5.41, 5.74) is 1.48. The quantitative estimate of drug-likeness (QED) is 0.673. The second kappa shape index (κ2) is 6.95. The van der Waals surface area contributed by atoms with Gasteiger partial charge in [0, 0.05) is 11.3 Å². The lowest BCUT2D eigenvalue weighted by atomic mass is 10.1. The van der Waals surface area contributed by atoms with Crippen LogP contribution in [0.2, 0.25) is 5.15 Å². The zero-order valence-corrected chi connectivity index (χ0v) is 12.5. The third-order valence-corrected chi connectivity index (χ3v) is 2.97. The minimum absolute atomic E-state index is 0.171. The van der Waals surface area contributed by atoms with Crippen molar-refractivity contribution in [2.24, 2.45) is 0 Å². The van der Waals surface area contributed by atoms with Crippen LogP contribution in [-0.4, -0.2) is 18.1 Å². The second-order valence-corrected chi connectivity index (χ2v) is 4.57. The first-order valence-electron chi connectivity index (χ1n) is 6.33. The summed E-state index contributed by atoms with van der Waals surface area (Å²) in [5.74, 6) is 0.237. The van der Waals surface area contributed by atoms with Gasteiger partial charge in [0.1, 0.15) is 10.9 Å². The maximum Gasteiger partial charge on any atom is 0.357 e. The van der Waals surface area contributed by atoms with E-state index >= 15 is 0 Å². The van der Waals surface area contributed by atoms with Crippen molar-refractivity contribution in [2.75, 3.05) is 12.4 Å². The predicted octanol–water partition coefficient (Wildman–Crippen LogP) is 3.76. The molecular formula is C15H15ClN2O3. The topological polar surface area (TPSA) is 64.4 Å². The number of furan rings is 1. The molecule has 0 amide bonds. The molecule has 0 saturated carbocycles. The zero-order valence-electron chi connectivity index (χ0n) is 11.7. The molecule has 0 aliphatic rings. The smallest absolute Gasteiger partial charge is 0.357 e. The lowest BCUT2D eigenvalue weighted by Crippen LogP contribution is -2.10. The molecule has 0 unspecified atom stereocenters. The highest BCUT2D eigenvalue weighted by Crippen LogP contribution is 2.25. The molecule has 0 bridgehead atoms. The Labute approximate surface area is 127 Å². The molecule has 1 N–H and O–H groups in total. The monoisotopic (exact) mass is 306 g/mol. The third-order valence-electron chi connectivity index (χ3n) is 2.77. The summed E-state index contributed by atoms with van der Waals surface area (Å²) >= 11 is 5.98. The van der Waals surface area contributed by atoms with Gasteiger partial charge < -0.3 is 14.5 Å². The van der Waals surface area contributed by atoms with Crippen molar-refractivity contribution in [3.05, 3.63) is 52.7 Å². The summed E-state index contributed by atoms with van der Waals surface area (Å²) in [4.78, 5) is 15.9. The summed E-state index contributed by atoms with van der Waals surface area (Å²) in [7, 11) is 1.31. The molecule has 0 aromatic carbocycles. The molecule has 110 valence electrons. The van der Waals surface area contributed by atoms with Gasteiger partial charge in [-0.25, -0.2) is 9.78 Å². The van der Waals surface area contributed by atoms with Gasteiger partial charge in [0.25, 0.3) is 0 Å². The van der Waals surface area contributed by atoms with Crippen LogP contribution in [0.4, 0.5) is 5.69 Å². The first-order valence-corrected chi connectivity index (χ1v) is 6.71. The highest BCUT2D eigenvalue weighted by molar-refractivity contribution is 6.30. The molecule has 2 aromatic rings. The summed E-state index contributed by atoms with van der Waals surface area (Å²) in [5, 5.41) is 3.40. The van der Waals surface area contributed by atoms with Gasteiger partial charge in [-0.3, -0.25) is 0 Å². The number of carbonyl (C=O) groups is 1. The van der Waals surface area contributed by atoms with E-state index in [-0.39, 0.29) is 10.8 Å². The maximum atomic E-state index is 11.8. The predicted molar refractivity (Wildman–Crippen MR) is 81.3 cm³/mol. The van der Waals surface area contributed by atoms with Crippen LogP contribution in [0.5, 0.6) is 0 Å². The molecule has 6 heteroatoms. The van der Waals surface area contributed by atoms with E-state index in [4.69, 9.17) is 20.8 Å². The Morgan fingerprint density at radius 2 is 2.38 bits per heavy atom. The van der Waals surface area contributed by atoms with Crippen LogP contribution >= 0.6 is 11.6 Å². The highest BCUT2D eigenvalue weighted by Gasteiger charge is 2.17. The van der Waals surface area contributed by atoms with E-state index in [0.29, 0.717) is 17.8 Å². The van der Waals surface area contributed by atoms with Gasteiger partial charge in [-0.15, -0.1) is 0 Å². The van der Waals surface area contributed by atoms with Gasteiger partial charge in [0.15, 0.2) is 5.69 Å². The number of halogens is 1. The molecule has 0 atom stereocenters. The van der Waals surface area contributed by atoms with Crippen LogP contribution in [0.15, 0.2) is 35.0 Å². The van der Waals surface area contributed by atoms with Crippen molar-refractivity contribution in [1.29, 1.82) is 0 Å². The van der Waals surface area contributed by atoms with Gasteiger partial charge in [0.05, 0.1) is 19.9 Å². The molecule has 0 fully saturated rings. The molecular weight excluding hydrogens is 292 g/mol. The number of nitrogens with zero attached hydrogens (tertiary/aromatic N) is 1. The van der Waals surface area contributed by atoms with Crippen LogP contribution in [-0.2, 0) is 11.3 Å². The van der Waals surface area contributed by atoms with E-state index in [1.165, 1.54) is 7.11 Å². The van der Waals surface area contributed by atoms with Crippen LogP contribution in [0.1, 0.15) is 28.7 Å². The summed E-state index contributed by atoms with van der Waals surface area (Å²) < 4.78 is 10.0. The van der Waals surface area contributed by atoms with E-state index in [9.17, 15) is 4.79 Å².